The van der Waals surface area contributed by atoms with Crippen molar-refractivity contribution in [3.63, 3.8) is 0 Å². The molecule has 1 amide bonds. The van der Waals surface area contributed by atoms with Crippen LogP contribution in [0.15, 0.2) is 72.1 Å². The molecule has 1 N–H and O–H groups in total. The van der Waals surface area contributed by atoms with Crippen molar-refractivity contribution in [3.05, 3.63) is 90.0 Å². The predicted molar refractivity (Wildman–Crippen MR) is 119 cm³/mol. The van der Waals surface area contributed by atoms with Crippen LogP contribution in [-0.2, 0) is 11.3 Å². The molecule has 0 radical (unpaired) electrons. The zero-order valence-electron chi connectivity index (χ0n) is 17.4. The molecule has 0 aliphatic rings. The molecule has 1 unspecified atom stereocenters. The third-order valence-corrected chi connectivity index (χ3v) is 5.85. The molecule has 0 fully saturated rings. The monoisotopic (exact) mass is 469 g/mol. The van der Waals surface area contributed by atoms with E-state index in [0.29, 0.717) is 17.5 Å². The summed E-state index contributed by atoms with van der Waals surface area (Å²) >= 11 is 1.11. The van der Waals surface area contributed by atoms with Crippen LogP contribution in [-0.4, -0.2) is 30.9 Å². The maximum absolute atomic E-state index is 13.9. The number of pyridine rings is 1. The standard InChI is InChI=1S/C23H18F3N5OS/c1-14(22(32)28-18-10-9-17(24)19(25)20(18)26)33-23-30-29-21(16-8-5-11-27-12-16)31(23)13-15-6-3-2-4-7-15/h2-12,14H,13H2,1H3,(H,28,32). The van der Waals surface area contributed by atoms with Gasteiger partial charge in [0, 0.05) is 18.0 Å². The highest BCUT2D eigenvalue weighted by Crippen LogP contribution is 2.28. The van der Waals surface area contributed by atoms with Crippen molar-refractivity contribution >= 4 is 23.4 Å². The minimum absolute atomic E-state index is 0.437. The first-order valence-electron chi connectivity index (χ1n) is 9.92. The topological polar surface area (TPSA) is 72.7 Å². The zero-order chi connectivity index (χ0) is 23.4. The summed E-state index contributed by atoms with van der Waals surface area (Å²) in [5.74, 6) is -4.44. The summed E-state index contributed by atoms with van der Waals surface area (Å²) in [6.45, 7) is 2.05. The molecular formula is C23H18F3N5OS. The van der Waals surface area contributed by atoms with Crippen molar-refractivity contribution < 1.29 is 18.0 Å². The van der Waals surface area contributed by atoms with Gasteiger partial charge in [0.15, 0.2) is 28.4 Å². The minimum atomic E-state index is -1.64. The normalized spacial score (nSPS) is 11.9. The van der Waals surface area contributed by atoms with Crippen molar-refractivity contribution in [2.45, 2.75) is 23.9 Å². The Labute approximate surface area is 191 Å². The Hall–Kier alpha value is -3.66. The molecule has 0 spiro atoms. The number of anilines is 1. The first-order valence-corrected chi connectivity index (χ1v) is 10.8. The summed E-state index contributed by atoms with van der Waals surface area (Å²) in [5, 5.41) is 10.6. The van der Waals surface area contributed by atoms with Gasteiger partial charge in [0.2, 0.25) is 5.91 Å². The number of hydrogen-bond donors (Lipinski definition) is 1. The van der Waals surface area contributed by atoms with Crippen LogP contribution < -0.4 is 5.32 Å². The molecule has 10 heteroatoms. The lowest BCUT2D eigenvalue weighted by Crippen LogP contribution is -2.24. The van der Waals surface area contributed by atoms with Crippen LogP contribution in [0.5, 0.6) is 0 Å². The van der Waals surface area contributed by atoms with E-state index in [1.54, 1.807) is 25.4 Å². The summed E-state index contributed by atoms with van der Waals surface area (Å²) in [6.07, 6.45) is 3.32. The highest BCUT2D eigenvalue weighted by atomic mass is 32.2. The quantitative estimate of drug-likeness (QED) is 0.307. The Balaban J connectivity index is 1.58. The van der Waals surface area contributed by atoms with E-state index in [1.165, 1.54) is 0 Å². The molecule has 0 aliphatic carbocycles. The molecule has 0 saturated carbocycles. The summed E-state index contributed by atoms with van der Waals surface area (Å²) < 4.78 is 42.4. The van der Waals surface area contributed by atoms with Gasteiger partial charge in [-0.3, -0.25) is 14.3 Å². The number of amides is 1. The molecule has 33 heavy (non-hydrogen) atoms. The van der Waals surface area contributed by atoms with Gasteiger partial charge in [-0.05, 0) is 36.8 Å². The number of halogens is 3. The number of carbonyl (C=O) groups excluding carboxylic acids is 1. The minimum Gasteiger partial charge on any atom is -0.323 e. The van der Waals surface area contributed by atoms with Crippen molar-refractivity contribution in [2.24, 2.45) is 0 Å². The van der Waals surface area contributed by atoms with E-state index in [2.05, 4.69) is 20.5 Å². The van der Waals surface area contributed by atoms with Crippen LogP contribution in [0.4, 0.5) is 18.9 Å². The Morgan fingerprint density at radius 2 is 1.82 bits per heavy atom. The lowest BCUT2D eigenvalue weighted by Gasteiger charge is -2.14. The summed E-state index contributed by atoms with van der Waals surface area (Å²) in [4.78, 5) is 16.8. The molecular weight excluding hydrogens is 451 g/mol. The fourth-order valence-corrected chi connectivity index (χ4v) is 3.91. The second-order valence-electron chi connectivity index (χ2n) is 7.09. The van der Waals surface area contributed by atoms with Crippen LogP contribution in [0.3, 0.4) is 0 Å². The van der Waals surface area contributed by atoms with Crippen molar-refractivity contribution in [1.82, 2.24) is 19.7 Å². The zero-order valence-corrected chi connectivity index (χ0v) is 18.2. The summed E-state index contributed by atoms with van der Waals surface area (Å²) in [6, 6.07) is 15.0. The molecule has 168 valence electrons. The van der Waals surface area contributed by atoms with Gasteiger partial charge in [0.05, 0.1) is 17.5 Å². The van der Waals surface area contributed by atoms with Crippen LogP contribution in [0, 0.1) is 17.5 Å². The highest BCUT2D eigenvalue weighted by Gasteiger charge is 2.23. The van der Waals surface area contributed by atoms with Crippen LogP contribution >= 0.6 is 11.8 Å². The average Bonchev–Trinajstić information content (AvgIpc) is 3.22. The molecule has 0 saturated heterocycles. The van der Waals surface area contributed by atoms with E-state index in [-0.39, 0.29) is 0 Å². The predicted octanol–water partition coefficient (Wildman–Crippen LogP) is 4.93. The Kier molecular flexibility index (Phi) is 6.74. The summed E-state index contributed by atoms with van der Waals surface area (Å²) in [7, 11) is 0. The van der Waals surface area contributed by atoms with E-state index in [4.69, 9.17) is 0 Å². The SMILES string of the molecule is CC(Sc1nnc(-c2cccnc2)n1Cc1ccccc1)C(=O)Nc1ccc(F)c(F)c1F. The van der Waals surface area contributed by atoms with Gasteiger partial charge in [-0.15, -0.1) is 10.2 Å². The Bertz CT molecular complexity index is 1270. The molecule has 0 aliphatic heterocycles. The fourth-order valence-electron chi connectivity index (χ4n) is 3.06. The number of nitrogens with one attached hydrogen (secondary N) is 1. The third-order valence-electron chi connectivity index (χ3n) is 4.76. The van der Waals surface area contributed by atoms with E-state index >= 15 is 0 Å². The maximum atomic E-state index is 13.9. The first-order chi connectivity index (χ1) is 15.9. The average molecular weight is 469 g/mol. The van der Waals surface area contributed by atoms with Gasteiger partial charge in [-0.25, -0.2) is 13.2 Å². The molecule has 4 aromatic rings. The second-order valence-corrected chi connectivity index (χ2v) is 8.40. The van der Waals surface area contributed by atoms with E-state index in [0.717, 1.165) is 35.0 Å². The summed E-state index contributed by atoms with van der Waals surface area (Å²) in [5.41, 5.74) is 1.33. The van der Waals surface area contributed by atoms with E-state index < -0.39 is 34.3 Å². The lowest BCUT2D eigenvalue weighted by molar-refractivity contribution is -0.115. The third kappa shape index (κ3) is 5.06. The highest BCUT2D eigenvalue weighted by molar-refractivity contribution is 8.00. The van der Waals surface area contributed by atoms with Crippen molar-refractivity contribution in [3.8, 4) is 11.4 Å². The number of nitrogens with zero attached hydrogens (tertiary/aromatic N) is 4. The second kappa shape index (κ2) is 9.86. The number of carbonyl (C=O) groups is 1. The van der Waals surface area contributed by atoms with Gasteiger partial charge in [-0.1, -0.05) is 42.1 Å². The molecule has 2 aromatic heterocycles. The number of benzene rings is 2. The van der Waals surface area contributed by atoms with E-state index in [9.17, 15) is 18.0 Å². The Morgan fingerprint density at radius 3 is 2.55 bits per heavy atom. The van der Waals surface area contributed by atoms with Crippen LogP contribution in [0.2, 0.25) is 0 Å². The van der Waals surface area contributed by atoms with Gasteiger partial charge in [0.25, 0.3) is 0 Å². The van der Waals surface area contributed by atoms with Crippen LogP contribution in [0.25, 0.3) is 11.4 Å². The van der Waals surface area contributed by atoms with Gasteiger partial charge in [-0.2, -0.15) is 0 Å². The fraction of sp³-hybridized carbons (Fsp3) is 0.130. The molecule has 4 rings (SSSR count). The van der Waals surface area contributed by atoms with Gasteiger partial charge < -0.3 is 5.32 Å². The largest absolute Gasteiger partial charge is 0.323 e. The molecule has 1 atom stereocenters. The van der Waals surface area contributed by atoms with Gasteiger partial charge >= 0.3 is 0 Å². The van der Waals surface area contributed by atoms with Crippen molar-refractivity contribution in [1.29, 1.82) is 0 Å². The Morgan fingerprint density at radius 1 is 1.03 bits per heavy atom. The smallest absolute Gasteiger partial charge is 0.237 e. The van der Waals surface area contributed by atoms with E-state index in [1.807, 2.05) is 41.0 Å². The molecule has 2 heterocycles. The first kappa shape index (κ1) is 22.5. The number of thioether (sulfide) groups is 1. The lowest BCUT2D eigenvalue weighted by atomic mass is 10.2. The number of rotatable bonds is 7. The number of hydrogen-bond acceptors (Lipinski definition) is 5. The van der Waals surface area contributed by atoms with Crippen LogP contribution in [0.1, 0.15) is 12.5 Å². The molecule has 6 nitrogen and oxygen atoms in total. The van der Waals surface area contributed by atoms with Gasteiger partial charge in [0.1, 0.15) is 0 Å². The molecule has 0 bridgehead atoms. The number of aromatic nitrogens is 4. The van der Waals surface area contributed by atoms with Crippen molar-refractivity contribution in [2.75, 3.05) is 5.32 Å². The maximum Gasteiger partial charge on any atom is 0.237 e. The molecule has 2 aromatic carbocycles.